The molecule has 6 heteroatoms. The first-order chi connectivity index (χ1) is 11.8. The van der Waals surface area contributed by atoms with Crippen molar-refractivity contribution in [2.75, 3.05) is 6.16 Å². The molecule has 1 aliphatic heterocycles. The summed E-state index contributed by atoms with van der Waals surface area (Å²) in [6, 6.07) is 5.55. The Balaban J connectivity index is 1.57. The summed E-state index contributed by atoms with van der Waals surface area (Å²) in [5, 5.41) is 0. The molecule has 4 nitrogen and oxygen atoms in total. The minimum absolute atomic E-state index is 0.128. The monoisotopic (exact) mass is 384 g/mol. The molecule has 1 aliphatic rings. The third kappa shape index (κ3) is 7.74. The van der Waals surface area contributed by atoms with Gasteiger partial charge in [-0.3, -0.25) is 5.50 Å². The highest BCUT2D eigenvalue weighted by atomic mass is 32.4. The second kappa shape index (κ2) is 9.45. The van der Waals surface area contributed by atoms with Crippen LogP contribution in [0.4, 0.5) is 0 Å². The van der Waals surface area contributed by atoms with Crippen molar-refractivity contribution >= 4 is 18.2 Å². The quantitative estimate of drug-likeness (QED) is 0.302. The van der Waals surface area contributed by atoms with Crippen LogP contribution in [0.5, 0.6) is 5.88 Å². The summed E-state index contributed by atoms with van der Waals surface area (Å²) in [6.07, 6.45) is 9.17. The van der Waals surface area contributed by atoms with Gasteiger partial charge < -0.3 is 9.26 Å². The van der Waals surface area contributed by atoms with Crippen LogP contribution in [-0.2, 0) is 16.5 Å². The number of hydrogen-bond acceptors (Lipinski definition) is 4. The van der Waals surface area contributed by atoms with E-state index in [1.165, 1.54) is 38.5 Å². The van der Waals surface area contributed by atoms with Gasteiger partial charge in [0.25, 0.3) is 0 Å². The molecule has 2 rings (SSSR count). The van der Waals surface area contributed by atoms with Crippen LogP contribution in [-0.4, -0.2) is 22.9 Å². The summed E-state index contributed by atoms with van der Waals surface area (Å²) in [5.41, 5.74) is 6.31. The van der Waals surface area contributed by atoms with Crippen molar-refractivity contribution in [1.29, 1.82) is 0 Å². The average Bonchev–Trinajstić information content (AvgIpc) is 3.17. The molecule has 3 atom stereocenters. The molecule has 0 saturated carbocycles. The van der Waals surface area contributed by atoms with Crippen molar-refractivity contribution in [2.45, 2.75) is 77.4 Å². The van der Waals surface area contributed by atoms with Gasteiger partial charge in [0.15, 0.2) is 6.42 Å². The predicted octanol–water partition coefficient (Wildman–Crippen LogP) is 5.27. The molecular weight excluding hydrogens is 351 g/mol. The first kappa shape index (κ1) is 20.8. The van der Waals surface area contributed by atoms with Crippen LogP contribution in [0.2, 0.25) is 0 Å². The molecule has 0 radical (unpaired) electrons. The van der Waals surface area contributed by atoms with E-state index in [4.69, 9.17) is 26.6 Å². The summed E-state index contributed by atoms with van der Waals surface area (Å²) < 4.78 is 11.4. The zero-order valence-electron chi connectivity index (χ0n) is 15.8. The Bertz CT molecular complexity index is 568. The summed E-state index contributed by atoms with van der Waals surface area (Å²) in [6.45, 7) is 6.66. The second-order valence-electron chi connectivity index (χ2n) is 7.62. The van der Waals surface area contributed by atoms with E-state index in [1.807, 2.05) is 18.2 Å². The standard InChI is InChI=1S/C19H33N2O2PS/c1-4-16(12-13-17-19(2,3)22-17)10-6-5-9-15-24(20,25)23-18-11-7-8-14-21-18/h7-8,11,14,16-17H,4-6,9-10,12-13,15H2,1-3H3,(H2,20,25). The maximum absolute atomic E-state index is 6.18. The van der Waals surface area contributed by atoms with E-state index in [9.17, 15) is 0 Å². The van der Waals surface area contributed by atoms with E-state index in [0.29, 0.717) is 12.0 Å². The molecule has 0 aromatic carbocycles. The Morgan fingerprint density at radius 2 is 2.08 bits per heavy atom. The summed E-state index contributed by atoms with van der Waals surface area (Å²) in [5.74, 6) is 1.36. The van der Waals surface area contributed by atoms with E-state index < -0.39 is 6.42 Å². The molecule has 2 N–H and O–H groups in total. The predicted molar refractivity (Wildman–Crippen MR) is 109 cm³/mol. The highest BCUT2D eigenvalue weighted by molar-refractivity contribution is 8.11. The molecule has 0 aliphatic carbocycles. The molecule has 1 aromatic rings. The van der Waals surface area contributed by atoms with Crippen molar-refractivity contribution in [3.63, 3.8) is 0 Å². The fraction of sp³-hybridized carbons (Fsp3) is 0.737. The Hall–Kier alpha value is -0.480. The fourth-order valence-corrected chi connectivity index (χ4v) is 5.02. The third-order valence-electron chi connectivity index (χ3n) is 5.05. The lowest BCUT2D eigenvalue weighted by molar-refractivity contribution is 0.308. The first-order valence-corrected chi connectivity index (χ1v) is 12.5. The normalized spacial score (nSPS) is 22.2. The first-order valence-electron chi connectivity index (χ1n) is 9.48. The zero-order valence-corrected chi connectivity index (χ0v) is 17.5. The maximum Gasteiger partial charge on any atom is 0.218 e. The molecule has 3 unspecified atom stereocenters. The van der Waals surface area contributed by atoms with Gasteiger partial charge in [-0.25, -0.2) is 4.98 Å². The van der Waals surface area contributed by atoms with E-state index >= 15 is 0 Å². The Kier molecular flexibility index (Phi) is 7.88. The van der Waals surface area contributed by atoms with E-state index in [1.54, 1.807) is 6.20 Å². The van der Waals surface area contributed by atoms with Gasteiger partial charge in [-0.1, -0.05) is 38.7 Å². The van der Waals surface area contributed by atoms with Gasteiger partial charge in [0.2, 0.25) is 5.88 Å². The van der Waals surface area contributed by atoms with Crippen molar-refractivity contribution in [3.05, 3.63) is 24.4 Å². The lowest BCUT2D eigenvalue weighted by Crippen LogP contribution is -2.08. The summed E-state index contributed by atoms with van der Waals surface area (Å²) in [4.78, 5) is 4.14. The van der Waals surface area contributed by atoms with Gasteiger partial charge in [0.05, 0.1) is 11.7 Å². The van der Waals surface area contributed by atoms with Gasteiger partial charge in [-0.15, -0.1) is 0 Å². The third-order valence-corrected chi connectivity index (χ3v) is 7.25. The van der Waals surface area contributed by atoms with Gasteiger partial charge in [0.1, 0.15) is 0 Å². The number of nitrogens with two attached hydrogens (primary N) is 1. The number of nitrogens with zero attached hydrogens (tertiary/aromatic N) is 1. The molecule has 1 saturated heterocycles. The second-order valence-corrected chi connectivity index (χ2v) is 11.6. The van der Waals surface area contributed by atoms with Crippen LogP contribution >= 0.6 is 6.42 Å². The summed E-state index contributed by atoms with van der Waals surface area (Å²) >= 11 is 5.46. The van der Waals surface area contributed by atoms with Gasteiger partial charge in [-0.05, 0) is 56.9 Å². The number of hydrogen-bond donors (Lipinski definition) is 1. The number of epoxide rings is 1. The van der Waals surface area contributed by atoms with Gasteiger partial charge in [0, 0.05) is 18.4 Å². The SMILES string of the molecule is CCC(CCCCCP(N)(=S)Oc1ccccn1)CCC1OC1(C)C. The fourth-order valence-electron chi connectivity index (χ4n) is 3.23. The van der Waals surface area contributed by atoms with Crippen LogP contribution in [0.3, 0.4) is 0 Å². The number of rotatable bonds is 12. The highest BCUT2D eigenvalue weighted by Crippen LogP contribution is 2.40. The largest absolute Gasteiger partial charge is 0.436 e. The molecule has 0 bridgehead atoms. The Morgan fingerprint density at radius 3 is 2.68 bits per heavy atom. The number of ether oxygens (including phenoxy) is 1. The van der Waals surface area contributed by atoms with Crippen molar-refractivity contribution in [3.8, 4) is 5.88 Å². The van der Waals surface area contributed by atoms with Gasteiger partial charge in [-0.2, -0.15) is 0 Å². The van der Waals surface area contributed by atoms with Crippen molar-refractivity contribution in [2.24, 2.45) is 11.4 Å². The molecular formula is C19H33N2O2PS. The van der Waals surface area contributed by atoms with Crippen LogP contribution in [0.1, 0.15) is 65.7 Å². The average molecular weight is 385 g/mol. The van der Waals surface area contributed by atoms with Crippen LogP contribution in [0, 0.1) is 5.92 Å². The molecule has 25 heavy (non-hydrogen) atoms. The lowest BCUT2D eigenvalue weighted by atomic mass is 9.92. The van der Waals surface area contributed by atoms with E-state index in [2.05, 4.69) is 25.8 Å². The molecule has 1 fully saturated rings. The van der Waals surface area contributed by atoms with Crippen LogP contribution < -0.4 is 10.0 Å². The molecule has 1 aromatic heterocycles. The van der Waals surface area contributed by atoms with Gasteiger partial charge >= 0.3 is 0 Å². The Morgan fingerprint density at radius 1 is 1.32 bits per heavy atom. The number of pyridine rings is 1. The molecule has 0 spiro atoms. The molecule has 2 heterocycles. The van der Waals surface area contributed by atoms with Crippen molar-refractivity contribution < 1.29 is 9.26 Å². The molecule has 0 amide bonds. The minimum Gasteiger partial charge on any atom is -0.436 e. The topological polar surface area (TPSA) is 60.7 Å². The number of aromatic nitrogens is 1. The lowest BCUT2D eigenvalue weighted by Gasteiger charge is -2.18. The smallest absolute Gasteiger partial charge is 0.218 e. The zero-order chi connectivity index (χ0) is 18.3. The van der Waals surface area contributed by atoms with Crippen LogP contribution in [0.25, 0.3) is 0 Å². The maximum atomic E-state index is 6.18. The van der Waals surface area contributed by atoms with E-state index in [0.717, 1.165) is 18.5 Å². The van der Waals surface area contributed by atoms with E-state index in [-0.39, 0.29) is 5.60 Å². The number of unbranched alkanes of at least 4 members (excludes halogenated alkanes) is 2. The van der Waals surface area contributed by atoms with Crippen LogP contribution in [0.15, 0.2) is 24.4 Å². The molecule has 142 valence electrons. The Labute approximate surface area is 158 Å². The highest BCUT2D eigenvalue weighted by Gasteiger charge is 2.46. The van der Waals surface area contributed by atoms with Crippen molar-refractivity contribution in [1.82, 2.24) is 4.98 Å². The minimum atomic E-state index is -2.26. The summed E-state index contributed by atoms with van der Waals surface area (Å²) in [7, 11) is 0.